The molecular formula is C31H41ClFN7O4S. The quantitative estimate of drug-likeness (QED) is 0.332. The van der Waals surface area contributed by atoms with E-state index in [1.807, 2.05) is 15.7 Å². The van der Waals surface area contributed by atoms with Gasteiger partial charge in [-0.25, -0.2) is 22.1 Å². The van der Waals surface area contributed by atoms with Crippen LogP contribution in [-0.4, -0.2) is 104 Å². The number of carbonyl (C=O) groups excluding carboxylic acids is 1. The number of pyridine rings is 1. The number of sulfonamides is 1. The Morgan fingerprint density at radius 3 is 2.69 bits per heavy atom. The predicted octanol–water partition coefficient (Wildman–Crippen LogP) is 3.59. The van der Waals surface area contributed by atoms with Crippen molar-refractivity contribution in [1.29, 1.82) is 0 Å². The molecule has 0 radical (unpaired) electrons. The second-order valence-electron chi connectivity index (χ2n) is 12.2. The summed E-state index contributed by atoms with van der Waals surface area (Å²) in [5, 5.41) is 3.19. The number of halogens is 2. The van der Waals surface area contributed by atoms with E-state index in [2.05, 4.69) is 45.3 Å². The summed E-state index contributed by atoms with van der Waals surface area (Å²) in [7, 11) is -0.362. The molecule has 3 aromatic rings. The highest BCUT2D eigenvalue weighted by molar-refractivity contribution is 7.89. The molecule has 5 rings (SSSR count). The van der Waals surface area contributed by atoms with Gasteiger partial charge < -0.3 is 19.1 Å². The molecule has 2 fully saturated rings. The molecule has 4 heterocycles. The molecule has 0 bridgehead atoms. The van der Waals surface area contributed by atoms with Crippen molar-refractivity contribution in [2.24, 2.45) is 5.41 Å². The Kier molecular flexibility index (Phi) is 10.1. The highest BCUT2D eigenvalue weighted by Crippen LogP contribution is 2.44. The zero-order valence-corrected chi connectivity index (χ0v) is 27.7. The fourth-order valence-corrected chi connectivity index (χ4v) is 7.12. The van der Waals surface area contributed by atoms with Crippen molar-refractivity contribution in [2.75, 3.05) is 76.0 Å². The van der Waals surface area contributed by atoms with Crippen LogP contribution in [-0.2, 0) is 26.1 Å². The van der Waals surface area contributed by atoms with Gasteiger partial charge in [-0.05, 0) is 50.1 Å². The molecule has 2 aliphatic heterocycles. The maximum absolute atomic E-state index is 15.2. The van der Waals surface area contributed by atoms with Gasteiger partial charge in [0.1, 0.15) is 5.82 Å². The fraction of sp³-hybridized carbons (Fsp3) is 0.516. The van der Waals surface area contributed by atoms with Crippen molar-refractivity contribution in [3.8, 4) is 0 Å². The normalized spacial score (nSPS) is 21.0. The Balaban J connectivity index is 1.37. The van der Waals surface area contributed by atoms with Crippen LogP contribution >= 0.6 is 11.6 Å². The lowest BCUT2D eigenvalue weighted by Gasteiger charge is -2.31. The summed E-state index contributed by atoms with van der Waals surface area (Å²) >= 11 is 6.00. The smallest absolute Gasteiger partial charge is 0.234 e. The third kappa shape index (κ3) is 7.49. The first-order valence-electron chi connectivity index (χ1n) is 15.1. The number of nitrogens with zero attached hydrogens (tertiary/aromatic N) is 6. The Morgan fingerprint density at radius 2 is 1.98 bits per heavy atom. The molecule has 1 N–H and O–H groups in total. The third-order valence-corrected chi connectivity index (χ3v) is 10.9. The Labute approximate surface area is 269 Å². The van der Waals surface area contributed by atoms with E-state index < -0.39 is 27.2 Å². The maximum atomic E-state index is 15.2. The van der Waals surface area contributed by atoms with Crippen LogP contribution in [0.4, 0.5) is 16.0 Å². The maximum Gasteiger partial charge on any atom is 0.234 e. The molecule has 1 amide bonds. The summed E-state index contributed by atoms with van der Waals surface area (Å²) in [6.45, 7) is 8.34. The van der Waals surface area contributed by atoms with Crippen LogP contribution in [0.5, 0.6) is 0 Å². The van der Waals surface area contributed by atoms with Crippen molar-refractivity contribution in [3.05, 3.63) is 70.5 Å². The molecule has 45 heavy (non-hydrogen) atoms. The van der Waals surface area contributed by atoms with Crippen molar-refractivity contribution < 1.29 is 22.3 Å². The Bertz CT molecular complexity index is 1630. The summed E-state index contributed by atoms with van der Waals surface area (Å²) < 4.78 is 48.5. The number of amides is 1. The molecule has 0 aliphatic carbocycles. The average molecular weight is 662 g/mol. The topological polar surface area (TPSA) is 113 Å². The number of hydrogen-bond donors (Lipinski definition) is 1. The van der Waals surface area contributed by atoms with E-state index >= 15 is 4.39 Å². The van der Waals surface area contributed by atoms with Crippen LogP contribution in [0, 0.1) is 18.2 Å². The van der Waals surface area contributed by atoms with Gasteiger partial charge in [-0.1, -0.05) is 23.7 Å². The number of anilines is 2. The van der Waals surface area contributed by atoms with E-state index in [1.54, 1.807) is 13.1 Å². The number of likely N-dealkylation sites (tertiary alicyclic amines) is 1. The molecule has 2 aliphatic rings. The van der Waals surface area contributed by atoms with Crippen LogP contribution < -0.4 is 10.2 Å². The summed E-state index contributed by atoms with van der Waals surface area (Å²) in [6.07, 6.45) is 5.22. The molecule has 1 aromatic carbocycles. The third-order valence-electron chi connectivity index (χ3n) is 8.75. The number of benzene rings is 1. The van der Waals surface area contributed by atoms with Gasteiger partial charge in [-0.15, -0.1) is 0 Å². The zero-order valence-electron chi connectivity index (χ0n) is 26.2. The van der Waals surface area contributed by atoms with Crippen LogP contribution in [0.15, 0.2) is 42.9 Å². The van der Waals surface area contributed by atoms with Crippen molar-refractivity contribution in [2.45, 2.75) is 32.7 Å². The van der Waals surface area contributed by atoms with Crippen molar-refractivity contribution >= 4 is 39.2 Å². The van der Waals surface area contributed by atoms with Gasteiger partial charge in [0.15, 0.2) is 0 Å². The molecule has 2 aromatic heterocycles. The van der Waals surface area contributed by atoms with E-state index in [1.165, 1.54) is 30.7 Å². The fourth-order valence-electron chi connectivity index (χ4n) is 6.12. The van der Waals surface area contributed by atoms with E-state index in [-0.39, 0.29) is 28.9 Å². The van der Waals surface area contributed by atoms with Crippen molar-refractivity contribution in [1.82, 2.24) is 23.7 Å². The van der Waals surface area contributed by atoms with Crippen LogP contribution in [0.1, 0.15) is 36.1 Å². The number of ether oxygens (including phenoxy) is 1. The minimum atomic E-state index is -3.37. The first-order valence-corrected chi connectivity index (χ1v) is 17.0. The summed E-state index contributed by atoms with van der Waals surface area (Å²) in [6, 6.07) is 7.55. The van der Waals surface area contributed by atoms with Gasteiger partial charge in [0.05, 0.1) is 41.6 Å². The van der Waals surface area contributed by atoms with Gasteiger partial charge in [-0.3, -0.25) is 15.1 Å². The van der Waals surface area contributed by atoms with Gasteiger partial charge in [-0.2, -0.15) is 0 Å². The second kappa shape index (κ2) is 13.7. The monoisotopic (exact) mass is 661 g/mol. The van der Waals surface area contributed by atoms with Crippen LogP contribution in [0.25, 0.3) is 0 Å². The first-order chi connectivity index (χ1) is 21.4. The summed E-state index contributed by atoms with van der Waals surface area (Å²) in [4.78, 5) is 27.2. The SMILES string of the molecule is Cc1ccc(Cn2ccnc2NC(=O)C2(C)CN(CCCS(=O)(=O)N(C)C)CC2c2ncc(Cl)cc2F)c(N2CCOCC2)c1. The molecular weight excluding hydrogens is 621 g/mol. The molecule has 11 nitrogen and oxygen atoms in total. The standard InChI is InChI=1S/C31H41ClFN7O4S/c1-22-6-7-23(27(16-22)39-11-13-44-14-12-39)19-40-10-8-34-30(40)36-29(41)31(2)21-38(9-5-15-45(42,43)37(3)4)20-25(31)28-26(33)17-24(32)18-35-28/h6-8,10,16-18,25H,5,9,11-15,19-21H2,1-4H3,(H,34,36,41). The average Bonchev–Trinajstić information content (AvgIpc) is 3.58. The minimum Gasteiger partial charge on any atom is -0.378 e. The number of rotatable bonds is 11. The first kappa shape index (κ1) is 33.3. The van der Waals surface area contributed by atoms with Crippen LogP contribution in [0.3, 0.4) is 0 Å². The highest BCUT2D eigenvalue weighted by Gasteiger charge is 2.50. The van der Waals surface area contributed by atoms with Crippen molar-refractivity contribution in [3.63, 3.8) is 0 Å². The number of morpholine rings is 1. The van der Waals surface area contributed by atoms with E-state index in [0.29, 0.717) is 45.2 Å². The Hall–Kier alpha value is -3.10. The second-order valence-corrected chi connectivity index (χ2v) is 15.0. The van der Waals surface area contributed by atoms with E-state index in [4.69, 9.17) is 16.3 Å². The molecule has 0 spiro atoms. The van der Waals surface area contributed by atoms with Gasteiger partial charge in [0, 0.05) is 70.5 Å². The number of aromatic nitrogens is 3. The van der Waals surface area contributed by atoms with E-state index in [9.17, 15) is 13.2 Å². The molecule has 2 unspecified atom stereocenters. The minimum absolute atomic E-state index is 0.0273. The zero-order chi connectivity index (χ0) is 32.4. The largest absolute Gasteiger partial charge is 0.378 e. The van der Waals surface area contributed by atoms with Gasteiger partial charge in [0.25, 0.3) is 0 Å². The van der Waals surface area contributed by atoms with Gasteiger partial charge in [0.2, 0.25) is 21.9 Å². The highest BCUT2D eigenvalue weighted by atomic mass is 35.5. The number of imidazole rings is 1. The molecule has 2 atom stereocenters. The molecule has 0 saturated carbocycles. The summed E-state index contributed by atoms with van der Waals surface area (Å²) in [5.74, 6) is -1.15. The lowest BCUT2D eigenvalue weighted by atomic mass is 9.77. The number of hydrogen-bond acceptors (Lipinski definition) is 8. The van der Waals surface area contributed by atoms with Gasteiger partial charge >= 0.3 is 0 Å². The molecule has 2 saturated heterocycles. The van der Waals surface area contributed by atoms with Crippen LogP contribution in [0.2, 0.25) is 5.02 Å². The Morgan fingerprint density at radius 1 is 1.22 bits per heavy atom. The van der Waals surface area contributed by atoms with E-state index in [0.717, 1.165) is 29.9 Å². The number of nitrogens with one attached hydrogen (secondary N) is 1. The molecule has 244 valence electrons. The predicted molar refractivity (Wildman–Crippen MR) is 173 cm³/mol. The molecule has 14 heteroatoms. The number of carbonyl (C=O) groups is 1. The lowest BCUT2D eigenvalue weighted by Crippen LogP contribution is -2.41. The number of aryl methyl sites for hydroxylation is 1. The lowest BCUT2D eigenvalue weighted by molar-refractivity contribution is -0.125. The summed E-state index contributed by atoms with van der Waals surface area (Å²) in [5.41, 5.74) is 2.43.